The topological polar surface area (TPSA) is 75.2 Å². The molecule has 2 fully saturated rings. The van der Waals surface area contributed by atoms with E-state index in [0.29, 0.717) is 25.0 Å². The summed E-state index contributed by atoms with van der Waals surface area (Å²) in [7, 11) is -2.95. The van der Waals surface area contributed by atoms with E-state index in [1.807, 2.05) is 48.2 Å². The zero-order chi connectivity index (χ0) is 18.1. The van der Waals surface area contributed by atoms with Crippen LogP contribution in [0.5, 0.6) is 0 Å². The summed E-state index contributed by atoms with van der Waals surface area (Å²) in [6, 6.07) is 12.5. The van der Waals surface area contributed by atoms with Crippen molar-refractivity contribution in [1.82, 2.24) is 9.97 Å². The average Bonchev–Trinajstić information content (AvgIpc) is 3.37. The fourth-order valence-corrected chi connectivity index (χ4v) is 5.15. The van der Waals surface area contributed by atoms with Gasteiger partial charge in [-0.2, -0.15) is 4.98 Å². The summed E-state index contributed by atoms with van der Waals surface area (Å²) in [5.74, 6) is 1.86. The monoisotopic (exact) mass is 372 g/mol. The minimum atomic E-state index is -2.95. The molecule has 1 aromatic heterocycles. The van der Waals surface area contributed by atoms with Crippen LogP contribution >= 0.6 is 0 Å². The van der Waals surface area contributed by atoms with Gasteiger partial charge in [-0.25, -0.2) is 13.4 Å². The molecule has 0 spiro atoms. The third-order valence-electron chi connectivity index (χ3n) is 4.96. The molecule has 1 unspecified atom stereocenters. The van der Waals surface area contributed by atoms with Crippen LogP contribution < -0.4 is 10.2 Å². The van der Waals surface area contributed by atoms with Crippen molar-refractivity contribution in [3.05, 3.63) is 36.4 Å². The predicted octanol–water partition coefficient (Wildman–Crippen LogP) is 2.73. The predicted molar refractivity (Wildman–Crippen MR) is 104 cm³/mol. The molecule has 2 heterocycles. The van der Waals surface area contributed by atoms with Gasteiger partial charge < -0.3 is 10.2 Å². The zero-order valence-corrected chi connectivity index (χ0v) is 15.7. The van der Waals surface area contributed by atoms with Crippen LogP contribution in [-0.4, -0.2) is 48.5 Å². The van der Waals surface area contributed by atoms with Gasteiger partial charge in [-0.15, -0.1) is 0 Å². The summed E-state index contributed by atoms with van der Waals surface area (Å²) in [5.41, 5.74) is 1.89. The van der Waals surface area contributed by atoms with E-state index in [4.69, 9.17) is 9.97 Å². The molecular formula is C19H24N4O2S. The molecule has 1 aliphatic heterocycles. The van der Waals surface area contributed by atoms with Crippen LogP contribution in [0.25, 0.3) is 11.3 Å². The van der Waals surface area contributed by atoms with Gasteiger partial charge in [0.15, 0.2) is 9.84 Å². The van der Waals surface area contributed by atoms with Crippen LogP contribution in [0.2, 0.25) is 0 Å². The first-order chi connectivity index (χ1) is 12.5. The molecular weight excluding hydrogens is 348 g/mol. The van der Waals surface area contributed by atoms with E-state index in [9.17, 15) is 8.42 Å². The molecule has 0 amide bonds. The third kappa shape index (κ3) is 3.82. The summed E-state index contributed by atoms with van der Waals surface area (Å²) in [5, 5.41) is 3.46. The van der Waals surface area contributed by atoms with E-state index in [0.717, 1.165) is 17.1 Å². The summed E-state index contributed by atoms with van der Waals surface area (Å²) in [4.78, 5) is 11.5. The van der Waals surface area contributed by atoms with Crippen molar-refractivity contribution in [2.75, 3.05) is 28.3 Å². The Morgan fingerprint density at radius 3 is 2.54 bits per heavy atom. The Labute approximate surface area is 154 Å². The highest BCUT2D eigenvalue weighted by atomic mass is 32.2. The number of nitrogens with one attached hydrogen (secondary N) is 1. The Balaban J connectivity index is 1.71. The molecule has 1 saturated heterocycles. The molecule has 1 aromatic carbocycles. The van der Waals surface area contributed by atoms with Crippen LogP contribution in [0.3, 0.4) is 0 Å². The molecule has 2 aromatic rings. The van der Waals surface area contributed by atoms with Crippen molar-refractivity contribution in [3.8, 4) is 11.3 Å². The van der Waals surface area contributed by atoms with Gasteiger partial charge in [0.1, 0.15) is 5.82 Å². The van der Waals surface area contributed by atoms with Gasteiger partial charge in [0.05, 0.1) is 17.2 Å². The molecule has 2 aliphatic rings. The fraction of sp³-hybridized carbons (Fsp3) is 0.474. The van der Waals surface area contributed by atoms with Gasteiger partial charge in [-0.3, -0.25) is 0 Å². The number of anilines is 2. The van der Waals surface area contributed by atoms with E-state index in [1.54, 1.807) is 0 Å². The van der Waals surface area contributed by atoms with Gasteiger partial charge in [-0.1, -0.05) is 30.3 Å². The normalized spacial score (nSPS) is 21.5. The van der Waals surface area contributed by atoms with Crippen LogP contribution in [0.4, 0.5) is 11.8 Å². The van der Waals surface area contributed by atoms with E-state index >= 15 is 0 Å². The molecule has 1 aliphatic carbocycles. The van der Waals surface area contributed by atoms with Crippen LogP contribution in [-0.2, 0) is 9.84 Å². The smallest absolute Gasteiger partial charge is 0.228 e. The lowest BCUT2D eigenvalue weighted by atomic mass is 10.1. The lowest BCUT2D eigenvalue weighted by Gasteiger charge is -2.27. The van der Waals surface area contributed by atoms with E-state index in [-0.39, 0.29) is 17.5 Å². The Bertz CT molecular complexity index is 882. The number of aromatic nitrogens is 2. The molecule has 1 saturated carbocycles. The molecule has 0 bridgehead atoms. The lowest BCUT2D eigenvalue weighted by molar-refractivity contribution is 0.599. The summed E-state index contributed by atoms with van der Waals surface area (Å²) in [6.07, 6.45) is 2.97. The molecule has 1 atom stereocenters. The SMILES string of the molecule is CCN(c1nc(NC2CC2)cc(-c2ccccc2)n1)C1CCS(=O)(=O)C1. The van der Waals surface area contributed by atoms with E-state index < -0.39 is 9.84 Å². The summed E-state index contributed by atoms with van der Waals surface area (Å²) in [6.45, 7) is 2.71. The first-order valence-corrected chi connectivity index (χ1v) is 11.0. The second-order valence-electron chi connectivity index (χ2n) is 7.07. The Morgan fingerprint density at radius 1 is 1.15 bits per heavy atom. The number of benzene rings is 1. The molecule has 138 valence electrons. The molecule has 4 rings (SSSR count). The van der Waals surface area contributed by atoms with Crippen molar-refractivity contribution >= 4 is 21.6 Å². The van der Waals surface area contributed by atoms with Gasteiger partial charge in [0, 0.05) is 30.3 Å². The minimum absolute atomic E-state index is 0.0511. The summed E-state index contributed by atoms with van der Waals surface area (Å²) < 4.78 is 23.8. The largest absolute Gasteiger partial charge is 0.367 e. The lowest BCUT2D eigenvalue weighted by Crippen LogP contribution is -2.37. The average molecular weight is 372 g/mol. The highest BCUT2D eigenvalue weighted by Gasteiger charge is 2.33. The number of sulfone groups is 1. The van der Waals surface area contributed by atoms with Gasteiger partial charge in [0.2, 0.25) is 5.95 Å². The molecule has 26 heavy (non-hydrogen) atoms. The van der Waals surface area contributed by atoms with E-state index in [1.165, 1.54) is 12.8 Å². The van der Waals surface area contributed by atoms with Crippen molar-refractivity contribution in [2.24, 2.45) is 0 Å². The highest BCUT2D eigenvalue weighted by molar-refractivity contribution is 7.91. The van der Waals surface area contributed by atoms with Crippen LogP contribution in [0.15, 0.2) is 36.4 Å². The molecule has 7 heteroatoms. The quantitative estimate of drug-likeness (QED) is 0.840. The second-order valence-corrected chi connectivity index (χ2v) is 9.29. The molecule has 0 radical (unpaired) electrons. The van der Waals surface area contributed by atoms with Gasteiger partial charge >= 0.3 is 0 Å². The maximum absolute atomic E-state index is 11.9. The number of hydrogen-bond donors (Lipinski definition) is 1. The van der Waals surface area contributed by atoms with Crippen LogP contribution in [0, 0.1) is 0 Å². The maximum Gasteiger partial charge on any atom is 0.228 e. The maximum atomic E-state index is 11.9. The number of hydrogen-bond acceptors (Lipinski definition) is 6. The first kappa shape index (κ1) is 17.3. The van der Waals surface area contributed by atoms with Crippen molar-refractivity contribution < 1.29 is 8.42 Å². The van der Waals surface area contributed by atoms with Gasteiger partial charge in [0.25, 0.3) is 0 Å². The molecule has 1 N–H and O–H groups in total. The Kier molecular flexibility index (Phi) is 4.56. The Morgan fingerprint density at radius 2 is 1.92 bits per heavy atom. The number of nitrogens with zero attached hydrogens (tertiary/aromatic N) is 3. The van der Waals surface area contributed by atoms with Crippen LogP contribution in [0.1, 0.15) is 26.2 Å². The number of rotatable bonds is 6. The fourth-order valence-electron chi connectivity index (χ4n) is 3.41. The van der Waals surface area contributed by atoms with Crippen molar-refractivity contribution in [2.45, 2.75) is 38.3 Å². The van der Waals surface area contributed by atoms with E-state index in [2.05, 4.69) is 5.32 Å². The standard InChI is InChI=1S/C19H24N4O2S/c1-2-23(16-10-11-26(24,25)13-16)19-21-17(14-6-4-3-5-7-14)12-18(22-19)20-15-8-9-15/h3-7,12,15-16H,2,8-11,13H2,1H3,(H,20,21,22). The summed E-state index contributed by atoms with van der Waals surface area (Å²) >= 11 is 0. The second kappa shape index (κ2) is 6.87. The highest BCUT2D eigenvalue weighted by Crippen LogP contribution is 2.29. The molecule has 6 nitrogen and oxygen atoms in total. The van der Waals surface area contributed by atoms with Crippen molar-refractivity contribution in [1.29, 1.82) is 0 Å². The Hall–Kier alpha value is -2.15. The zero-order valence-electron chi connectivity index (χ0n) is 14.9. The minimum Gasteiger partial charge on any atom is -0.367 e. The first-order valence-electron chi connectivity index (χ1n) is 9.22. The van der Waals surface area contributed by atoms with Crippen molar-refractivity contribution in [3.63, 3.8) is 0 Å². The van der Waals surface area contributed by atoms with Gasteiger partial charge in [-0.05, 0) is 26.2 Å². The third-order valence-corrected chi connectivity index (χ3v) is 6.71.